The van der Waals surface area contributed by atoms with E-state index in [0.29, 0.717) is 18.8 Å². The minimum atomic E-state index is -0.546. The number of amides is 1. The van der Waals surface area contributed by atoms with Gasteiger partial charge in [-0.2, -0.15) is 0 Å². The molecule has 0 spiro atoms. The van der Waals surface area contributed by atoms with E-state index >= 15 is 0 Å². The molecule has 0 aliphatic carbocycles. The van der Waals surface area contributed by atoms with Crippen LogP contribution in [0.5, 0.6) is 0 Å². The second kappa shape index (κ2) is 8.91. The third-order valence-electron chi connectivity index (χ3n) is 3.80. The molecule has 0 aliphatic rings. The van der Waals surface area contributed by atoms with Gasteiger partial charge in [0.1, 0.15) is 11.5 Å². The number of rotatable bonds is 8. The normalized spacial score (nSPS) is 11.7. The van der Waals surface area contributed by atoms with Gasteiger partial charge in [0.15, 0.2) is 0 Å². The summed E-state index contributed by atoms with van der Waals surface area (Å²) in [5.74, 6) is -0.812. The van der Waals surface area contributed by atoms with Gasteiger partial charge in [-0.3, -0.25) is 14.9 Å². The first-order valence-electron chi connectivity index (χ1n) is 8.00. The van der Waals surface area contributed by atoms with Gasteiger partial charge in [-0.25, -0.2) is 4.39 Å². The largest absolute Gasteiger partial charge is 0.383 e. The summed E-state index contributed by atoms with van der Waals surface area (Å²) >= 11 is 0. The van der Waals surface area contributed by atoms with Crippen molar-refractivity contribution in [2.75, 3.05) is 25.6 Å². The first-order chi connectivity index (χ1) is 12.4. The van der Waals surface area contributed by atoms with Crippen molar-refractivity contribution in [1.82, 2.24) is 5.32 Å². The molecular weight excluding hydrogens is 341 g/mol. The number of ether oxygens (including phenoxy) is 1. The van der Waals surface area contributed by atoms with E-state index in [4.69, 9.17) is 4.74 Å². The van der Waals surface area contributed by atoms with Crippen LogP contribution < -0.4 is 10.6 Å². The van der Waals surface area contributed by atoms with Crippen LogP contribution in [0.4, 0.5) is 15.8 Å². The maximum absolute atomic E-state index is 13.0. The van der Waals surface area contributed by atoms with Gasteiger partial charge in [0.25, 0.3) is 11.6 Å². The van der Waals surface area contributed by atoms with Crippen LogP contribution in [0.3, 0.4) is 0 Å². The van der Waals surface area contributed by atoms with Crippen molar-refractivity contribution in [2.24, 2.45) is 0 Å². The van der Waals surface area contributed by atoms with Crippen LogP contribution in [-0.4, -0.2) is 31.1 Å². The highest BCUT2D eigenvalue weighted by atomic mass is 19.1. The van der Waals surface area contributed by atoms with Gasteiger partial charge in [0.05, 0.1) is 17.6 Å². The zero-order chi connectivity index (χ0) is 19.1. The number of nitro groups is 1. The fourth-order valence-electron chi connectivity index (χ4n) is 2.38. The van der Waals surface area contributed by atoms with E-state index in [1.165, 1.54) is 37.4 Å². The molecule has 0 radical (unpaired) electrons. The predicted octanol–water partition coefficient (Wildman–Crippen LogP) is 3.28. The van der Waals surface area contributed by atoms with Gasteiger partial charge < -0.3 is 15.4 Å². The minimum absolute atomic E-state index is 0.169. The number of hydrogen-bond acceptors (Lipinski definition) is 5. The molecule has 1 unspecified atom stereocenters. The van der Waals surface area contributed by atoms with Crippen molar-refractivity contribution in [2.45, 2.75) is 13.0 Å². The van der Waals surface area contributed by atoms with E-state index in [1.54, 1.807) is 19.1 Å². The lowest BCUT2D eigenvalue weighted by molar-refractivity contribution is -0.384. The second-order valence-electron chi connectivity index (χ2n) is 5.66. The van der Waals surface area contributed by atoms with Crippen molar-refractivity contribution in [3.63, 3.8) is 0 Å². The van der Waals surface area contributed by atoms with Gasteiger partial charge >= 0.3 is 0 Å². The maximum atomic E-state index is 13.0. The molecule has 0 heterocycles. The summed E-state index contributed by atoms with van der Waals surface area (Å²) in [6.07, 6.45) is 0. The Morgan fingerprint density at radius 1 is 1.27 bits per heavy atom. The van der Waals surface area contributed by atoms with Crippen LogP contribution in [0, 0.1) is 15.9 Å². The molecule has 26 heavy (non-hydrogen) atoms. The molecule has 2 aromatic rings. The summed E-state index contributed by atoms with van der Waals surface area (Å²) in [7, 11) is 1.53. The molecule has 0 bridgehead atoms. The second-order valence-corrected chi connectivity index (χ2v) is 5.66. The first kappa shape index (κ1) is 19.3. The Morgan fingerprint density at radius 3 is 2.58 bits per heavy atom. The number of methoxy groups -OCH3 is 1. The smallest absolute Gasteiger partial charge is 0.293 e. The molecule has 138 valence electrons. The average molecular weight is 361 g/mol. The van der Waals surface area contributed by atoms with Gasteiger partial charge in [0.2, 0.25) is 0 Å². The number of anilines is 1. The summed E-state index contributed by atoms with van der Waals surface area (Å²) in [5.41, 5.74) is 1.02. The Balaban J connectivity index is 2.13. The van der Waals surface area contributed by atoms with E-state index in [0.717, 1.165) is 5.56 Å². The molecular formula is C18H20FN3O4. The highest BCUT2D eigenvalue weighted by Crippen LogP contribution is 2.26. The van der Waals surface area contributed by atoms with Gasteiger partial charge in [-0.15, -0.1) is 0 Å². The number of nitrogens with one attached hydrogen (secondary N) is 2. The van der Waals surface area contributed by atoms with Crippen LogP contribution in [0.25, 0.3) is 0 Å². The van der Waals surface area contributed by atoms with Crippen molar-refractivity contribution < 1.29 is 18.8 Å². The molecule has 0 saturated carbocycles. The molecule has 0 aliphatic heterocycles. The first-order valence-corrected chi connectivity index (χ1v) is 8.00. The SMILES string of the molecule is COCCNc1ccc(C(=O)NC(C)c2ccc(F)cc2)cc1[N+](=O)[O-]. The molecule has 0 fully saturated rings. The fraction of sp³-hybridized carbons (Fsp3) is 0.278. The number of carbonyl (C=O) groups excluding carboxylic acids is 1. The summed E-state index contributed by atoms with van der Waals surface area (Å²) in [4.78, 5) is 23.1. The van der Waals surface area contributed by atoms with Crippen molar-refractivity contribution >= 4 is 17.3 Å². The highest BCUT2D eigenvalue weighted by molar-refractivity contribution is 5.96. The third kappa shape index (κ3) is 5.00. The van der Waals surface area contributed by atoms with Crippen molar-refractivity contribution in [1.29, 1.82) is 0 Å². The number of carbonyl (C=O) groups is 1. The molecule has 2 N–H and O–H groups in total. The van der Waals surface area contributed by atoms with Gasteiger partial charge in [0, 0.05) is 25.3 Å². The zero-order valence-corrected chi connectivity index (χ0v) is 14.5. The van der Waals surface area contributed by atoms with E-state index < -0.39 is 10.8 Å². The Bertz CT molecular complexity index is 781. The van der Waals surface area contributed by atoms with Crippen LogP contribution in [-0.2, 0) is 4.74 Å². The highest BCUT2D eigenvalue weighted by Gasteiger charge is 2.18. The van der Waals surface area contributed by atoms with Crippen LogP contribution >= 0.6 is 0 Å². The average Bonchev–Trinajstić information content (AvgIpc) is 2.62. The number of halogens is 1. The summed E-state index contributed by atoms with van der Waals surface area (Å²) in [6, 6.07) is 9.62. The fourth-order valence-corrected chi connectivity index (χ4v) is 2.38. The topological polar surface area (TPSA) is 93.5 Å². The lowest BCUT2D eigenvalue weighted by Crippen LogP contribution is -2.26. The monoisotopic (exact) mass is 361 g/mol. The van der Waals surface area contributed by atoms with Crippen molar-refractivity contribution in [3.8, 4) is 0 Å². The number of nitro benzene ring substituents is 1. The third-order valence-corrected chi connectivity index (χ3v) is 3.80. The van der Waals surface area contributed by atoms with E-state index in [9.17, 15) is 19.3 Å². The number of hydrogen-bond donors (Lipinski definition) is 2. The van der Waals surface area contributed by atoms with Crippen LogP contribution in [0.1, 0.15) is 28.9 Å². The Labute approximate surface area is 150 Å². The molecule has 8 heteroatoms. The zero-order valence-electron chi connectivity index (χ0n) is 14.5. The molecule has 2 rings (SSSR count). The quantitative estimate of drug-likeness (QED) is 0.427. The van der Waals surface area contributed by atoms with Crippen molar-refractivity contribution in [3.05, 3.63) is 69.5 Å². The van der Waals surface area contributed by atoms with E-state index in [-0.39, 0.29) is 23.1 Å². The lowest BCUT2D eigenvalue weighted by atomic mass is 10.1. The Hall–Kier alpha value is -3.00. The molecule has 2 aromatic carbocycles. The predicted molar refractivity (Wildman–Crippen MR) is 95.7 cm³/mol. The minimum Gasteiger partial charge on any atom is -0.383 e. The molecule has 1 amide bonds. The number of nitrogens with zero attached hydrogens (tertiary/aromatic N) is 1. The summed E-state index contributed by atoms with van der Waals surface area (Å²) in [5, 5.41) is 16.9. The summed E-state index contributed by atoms with van der Waals surface area (Å²) < 4.78 is 17.9. The molecule has 1 atom stereocenters. The van der Waals surface area contributed by atoms with E-state index in [2.05, 4.69) is 10.6 Å². The molecule has 7 nitrogen and oxygen atoms in total. The van der Waals surface area contributed by atoms with Gasteiger partial charge in [-0.05, 0) is 36.8 Å². The summed E-state index contributed by atoms with van der Waals surface area (Å²) in [6.45, 7) is 2.55. The molecule has 0 aromatic heterocycles. The Kier molecular flexibility index (Phi) is 6.62. The van der Waals surface area contributed by atoms with Crippen LogP contribution in [0.2, 0.25) is 0 Å². The lowest BCUT2D eigenvalue weighted by Gasteiger charge is -2.15. The molecule has 0 saturated heterocycles. The standard InChI is InChI=1S/C18H20FN3O4/c1-12(13-3-6-15(19)7-4-13)21-18(23)14-5-8-16(20-9-10-26-2)17(11-14)22(24)25/h3-8,11-12,20H,9-10H2,1-2H3,(H,21,23). The number of benzene rings is 2. The van der Waals surface area contributed by atoms with Crippen LogP contribution in [0.15, 0.2) is 42.5 Å². The van der Waals surface area contributed by atoms with E-state index in [1.807, 2.05) is 0 Å². The Morgan fingerprint density at radius 2 is 1.96 bits per heavy atom. The maximum Gasteiger partial charge on any atom is 0.293 e. The van der Waals surface area contributed by atoms with Gasteiger partial charge in [-0.1, -0.05) is 12.1 Å².